The lowest BCUT2D eigenvalue weighted by molar-refractivity contribution is 0.0642. The van der Waals surface area contributed by atoms with Crippen LogP contribution in [-0.4, -0.2) is 32.0 Å². The molecule has 0 fully saturated rings. The van der Waals surface area contributed by atoms with Gasteiger partial charge in [-0.15, -0.1) is 0 Å². The van der Waals surface area contributed by atoms with Gasteiger partial charge in [-0.05, 0) is 48.7 Å². The second kappa shape index (κ2) is 7.46. The Morgan fingerprint density at radius 3 is 2.12 bits per heavy atom. The molecule has 1 aliphatic rings. The molecule has 2 heterocycles. The van der Waals surface area contributed by atoms with E-state index in [4.69, 9.17) is 4.52 Å². The van der Waals surface area contributed by atoms with Gasteiger partial charge in [0.25, 0.3) is 17.7 Å². The van der Waals surface area contributed by atoms with E-state index in [1.807, 2.05) is 31.2 Å². The molecule has 1 aliphatic heterocycles. The largest absolute Gasteiger partial charge is 0.507 e. The number of aromatic hydroxyl groups is 1. The minimum absolute atomic E-state index is 0.0103. The predicted octanol–water partition coefficient (Wildman–Crippen LogP) is 4.52. The van der Waals surface area contributed by atoms with Gasteiger partial charge in [0.2, 0.25) is 5.82 Å². The molecule has 0 atom stereocenters. The Morgan fingerprint density at radius 1 is 0.844 bits per heavy atom. The zero-order valence-corrected chi connectivity index (χ0v) is 17.5. The molecule has 0 spiro atoms. The topological polar surface area (TPSA) is 96.5 Å². The minimum Gasteiger partial charge on any atom is -0.507 e. The summed E-state index contributed by atoms with van der Waals surface area (Å²) in [5.74, 6) is -0.0833. The first-order chi connectivity index (χ1) is 15.4. The fraction of sp³-hybridized carbons (Fsp3) is 0.120. The first-order valence-electron chi connectivity index (χ1n) is 10.1. The highest BCUT2D eigenvalue weighted by Crippen LogP contribution is 2.35. The molecular formula is C25H19N3O4. The van der Waals surface area contributed by atoms with Gasteiger partial charge >= 0.3 is 0 Å². The van der Waals surface area contributed by atoms with Crippen LogP contribution in [0.4, 0.5) is 0 Å². The molecule has 1 aromatic heterocycles. The summed E-state index contributed by atoms with van der Waals surface area (Å²) in [6.45, 7) is 3.76. The van der Waals surface area contributed by atoms with Crippen LogP contribution >= 0.6 is 0 Å². The number of imide groups is 1. The van der Waals surface area contributed by atoms with Gasteiger partial charge in [0.05, 0.1) is 23.2 Å². The average molecular weight is 425 g/mol. The summed E-state index contributed by atoms with van der Waals surface area (Å²) < 4.78 is 5.45. The Bertz CT molecular complexity index is 1350. The van der Waals surface area contributed by atoms with Crippen LogP contribution in [0.2, 0.25) is 0 Å². The third-order valence-corrected chi connectivity index (χ3v) is 5.62. The summed E-state index contributed by atoms with van der Waals surface area (Å²) in [5.41, 5.74) is 4.22. The molecular weight excluding hydrogens is 406 g/mol. The maximum absolute atomic E-state index is 12.7. The quantitative estimate of drug-likeness (QED) is 0.483. The van der Waals surface area contributed by atoms with E-state index in [-0.39, 0.29) is 30.0 Å². The molecule has 1 N–H and O–H groups in total. The van der Waals surface area contributed by atoms with Crippen LogP contribution in [-0.2, 0) is 6.54 Å². The van der Waals surface area contributed by atoms with Crippen LogP contribution in [0.3, 0.4) is 0 Å². The molecule has 3 aromatic carbocycles. The third-order valence-electron chi connectivity index (χ3n) is 5.62. The maximum atomic E-state index is 12.7. The molecule has 2 amide bonds. The summed E-state index contributed by atoms with van der Waals surface area (Å²) in [7, 11) is 0. The summed E-state index contributed by atoms with van der Waals surface area (Å²) >= 11 is 0. The molecule has 0 saturated heterocycles. The Balaban J connectivity index is 1.49. The molecule has 158 valence electrons. The molecule has 7 nitrogen and oxygen atoms in total. The van der Waals surface area contributed by atoms with Gasteiger partial charge in [0.1, 0.15) is 5.75 Å². The number of nitrogens with zero attached hydrogens (tertiary/aromatic N) is 3. The highest BCUT2D eigenvalue weighted by molar-refractivity contribution is 6.21. The van der Waals surface area contributed by atoms with Crippen molar-refractivity contribution in [2.75, 3.05) is 0 Å². The zero-order chi connectivity index (χ0) is 22.4. The number of rotatable bonds is 4. The molecule has 7 heteroatoms. The Morgan fingerprint density at radius 2 is 1.47 bits per heavy atom. The van der Waals surface area contributed by atoms with Crippen LogP contribution in [0, 0.1) is 13.8 Å². The van der Waals surface area contributed by atoms with E-state index in [1.54, 1.807) is 43.3 Å². The summed E-state index contributed by atoms with van der Waals surface area (Å²) in [4.78, 5) is 31.1. The number of aromatic nitrogens is 2. The molecule has 0 unspecified atom stereocenters. The van der Waals surface area contributed by atoms with Crippen molar-refractivity contribution in [3.63, 3.8) is 0 Å². The number of aryl methyl sites for hydroxylation is 2. The Kier molecular flexibility index (Phi) is 4.59. The van der Waals surface area contributed by atoms with Gasteiger partial charge in [0.15, 0.2) is 0 Å². The zero-order valence-electron chi connectivity index (χ0n) is 17.5. The van der Waals surface area contributed by atoms with Crippen molar-refractivity contribution in [1.82, 2.24) is 15.0 Å². The molecule has 32 heavy (non-hydrogen) atoms. The van der Waals surface area contributed by atoms with Gasteiger partial charge in [0, 0.05) is 5.56 Å². The van der Waals surface area contributed by atoms with Crippen molar-refractivity contribution < 1.29 is 19.2 Å². The highest BCUT2D eigenvalue weighted by Gasteiger charge is 2.35. The van der Waals surface area contributed by atoms with E-state index in [0.717, 1.165) is 11.1 Å². The first kappa shape index (κ1) is 19.7. The number of phenolic OH excluding ortho intramolecular Hbond substituents is 1. The van der Waals surface area contributed by atoms with Crippen molar-refractivity contribution in [2.45, 2.75) is 20.4 Å². The van der Waals surface area contributed by atoms with Gasteiger partial charge in [-0.1, -0.05) is 47.6 Å². The maximum Gasteiger partial charge on any atom is 0.262 e. The molecule has 5 rings (SSSR count). The van der Waals surface area contributed by atoms with Gasteiger partial charge < -0.3 is 9.63 Å². The van der Waals surface area contributed by atoms with Crippen molar-refractivity contribution in [2.24, 2.45) is 0 Å². The van der Waals surface area contributed by atoms with Gasteiger partial charge in [-0.2, -0.15) is 4.98 Å². The average Bonchev–Trinajstić information content (AvgIpc) is 3.36. The van der Waals surface area contributed by atoms with Crippen LogP contribution in [0.15, 0.2) is 65.2 Å². The molecule has 0 saturated carbocycles. The Hall–Kier alpha value is -4.26. The Labute approximate surface area is 183 Å². The lowest BCUT2D eigenvalue weighted by atomic mass is 10.0. The number of carbonyl (C=O) groups excluding carboxylic acids is 2. The van der Waals surface area contributed by atoms with Crippen molar-refractivity contribution >= 4 is 11.8 Å². The van der Waals surface area contributed by atoms with E-state index < -0.39 is 0 Å². The summed E-state index contributed by atoms with van der Waals surface area (Å²) in [6.07, 6.45) is 0. The number of hydrogen-bond acceptors (Lipinski definition) is 6. The summed E-state index contributed by atoms with van der Waals surface area (Å²) in [5, 5.41) is 14.7. The van der Waals surface area contributed by atoms with Crippen LogP contribution < -0.4 is 0 Å². The molecule has 0 aliphatic carbocycles. The fourth-order valence-electron chi connectivity index (χ4n) is 3.94. The second-order valence-corrected chi connectivity index (χ2v) is 7.79. The minimum atomic E-state index is -0.336. The smallest absolute Gasteiger partial charge is 0.262 e. The van der Waals surface area contributed by atoms with Crippen molar-refractivity contribution in [3.05, 3.63) is 88.5 Å². The number of fused-ring (bicyclic) bond motifs is 1. The first-order valence-corrected chi connectivity index (χ1v) is 10.1. The predicted molar refractivity (Wildman–Crippen MR) is 117 cm³/mol. The molecule has 0 bridgehead atoms. The SMILES string of the molecule is Cc1ccccc1-c1noc(-c2cc(CN3C(=O)c4ccccc4C3=O)cc(C)c2O)n1. The van der Waals surface area contributed by atoms with E-state index in [1.165, 1.54) is 4.90 Å². The molecule has 4 aromatic rings. The van der Waals surface area contributed by atoms with E-state index in [2.05, 4.69) is 10.1 Å². The van der Waals surface area contributed by atoms with Crippen LogP contribution in [0.5, 0.6) is 5.75 Å². The highest BCUT2D eigenvalue weighted by atomic mass is 16.5. The van der Waals surface area contributed by atoms with Crippen molar-refractivity contribution in [3.8, 4) is 28.6 Å². The second-order valence-electron chi connectivity index (χ2n) is 7.79. The van der Waals surface area contributed by atoms with E-state index >= 15 is 0 Å². The van der Waals surface area contributed by atoms with Crippen LogP contribution in [0.25, 0.3) is 22.8 Å². The van der Waals surface area contributed by atoms with Gasteiger partial charge in [-0.25, -0.2) is 0 Å². The molecule has 0 radical (unpaired) electrons. The van der Waals surface area contributed by atoms with Crippen LogP contribution in [0.1, 0.15) is 37.4 Å². The number of benzene rings is 3. The number of amides is 2. The van der Waals surface area contributed by atoms with E-state index in [0.29, 0.717) is 33.6 Å². The standard InChI is InChI=1S/C25H19N3O4/c1-14-7-3-4-8-17(14)22-26-23(32-27-22)20-12-16(11-15(2)21(20)29)13-28-24(30)18-9-5-6-10-19(18)25(28)31/h3-12,29H,13H2,1-2H3. The monoisotopic (exact) mass is 425 g/mol. The van der Waals surface area contributed by atoms with Gasteiger partial charge in [-0.3, -0.25) is 14.5 Å². The number of carbonyl (C=O) groups is 2. The lowest BCUT2D eigenvalue weighted by Gasteiger charge is -2.15. The van der Waals surface area contributed by atoms with E-state index in [9.17, 15) is 14.7 Å². The fourth-order valence-corrected chi connectivity index (χ4v) is 3.94. The lowest BCUT2D eigenvalue weighted by Crippen LogP contribution is -2.29. The number of hydrogen-bond donors (Lipinski definition) is 1. The third kappa shape index (κ3) is 3.15. The summed E-state index contributed by atoms with van der Waals surface area (Å²) in [6, 6.07) is 17.8. The normalized spacial score (nSPS) is 13.0. The number of phenols is 1. The van der Waals surface area contributed by atoms with Crippen molar-refractivity contribution in [1.29, 1.82) is 0 Å².